The molecule has 1 fully saturated rings. The molecule has 0 spiro atoms. The molecule has 0 bridgehead atoms. The summed E-state index contributed by atoms with van der Waals surface area (Å²) in [5.41, 5.74) is 1.46. The third-order valence-electron chi connectivity index (χ3n) is 5.55. The highest BCUT2D eigenvalue weighted by molar-refractivity contribution is 7.88. The summed E-state index contributed by atoms with van der Waals surface area (Å²) < 4.78 is 24.8. The molecule has 3 rings (SSSR count). The third-order valence-corrected chi connectivity index (χ3v) is 6.85. The Hall–Kier alpha value is -2.71. The molecule has 1 unspecified atom stereocenters. The van der Waals surface area contributed by atoms with Crippen LogP contribution in [0.4, 0.5) is 0 Å². The molecule has 7 nitrogen and oxygen atoms in total. The summed E-state index contributed by atoms with van der Waals surface area (Å²) in [4.78, 5) is 25.6. The first-order chi connectivity index (χ1) is 14.8. The average Bonchev–Trinajstić information content (AvgIpc) is 2.78. The molecule has 1 aliphatic heterocycles. The van der Waals surface area contributed by atoms with Crippen molar-refractivity contribution in [3.05, 3.63) is 71.8 Å². The van der Waals surface area contributed by atoms with Gasteiger partial charge in [-0.2, -0.15) is 0 Å². The number of amides is 2. The van der Waals surface area contributed by atoms with Crippen LogP contribution in [0.3, 0.4) is 0 Å². The topological polar surface area (TPSA) is 95.6 Å². The van der Waals surface area contributed by atoms with Crippen LogP contribution in [0.1, 0.15) is 28.8 Å². The molecule has 166 valence electrons. The number of carbonyl (C=O) groups is 2. The molecule has 2 N–H and O–H groups in total. The third kappa shape index (κ3) is 6.90. The zero-order chi connectivity index (χ0) is 22.3. The molecule has 1 aliphatic rings. The predicted molar refractivity (Wildman–Crippen MR) is 120 cm³/mol. The Bertz CT molecular complexity index is 972. The van der Waals surface area contributed by atoms with Crippen molar-refractivity contribution in [2.24, 2.45) is 5.92 Å². The minimum Gasteiger partial charge on any atom is -0.354 e. The second-order valence-corrected chi connectivity index (χ2v) is 9.91. The summed E-state index contributed by atoms with van der Waals surface area (Å²) in [5.74, 6) is -0.319. The molecular weight excluding hydrogens is 414 g/mol. The fourth-order valence-corrected chi connectivity index (χ4v) is 4.58. The molecule has 0 saturated carbocycles. The van der Waals surface area contributed by atoms with E-state index in [1.54, 1.807) is 24.3 Å². The number of sulfonamides is 1. The monoisotopic (exact) mass is 443 g/mol. The van der Waals surface area contributed by atoms with Crippen LogP contribution >= 0.6 is 0 Å². The molecule has 31 heavy (non-hydrogen) atoms. The number of hydrogen-bond donors (Lipinski definition) is 2. The van der Waals surface area contributed by atoms with E-state index in [1.807, 2.05) is 36.4 Å². The van der Waals surface area contributed by atoms with Crippen molar-refractivity contribution < 1.29 is 18.0 Å². The zero-order valence-electron chi connectivity index (χ0n) is 17.7. The number of benzene rings is 2. The molecule has 0 radical (unpaired) electrons. The first-order valence-electron chi connectivity index (χ1n) is 10.5. The standard InChI is InChI=1S/C23H29N3O4S/c1-31(29,30)26-14-12-19(13-15-26)17-24-23(28)21(16-18-8-4-2-5-9-18)25-22(27)20-10-6-3-7-11-20/h2-11,19,21H,12-17H2,1H3,(H,24,28)(H,25,27). The van der Waals surface area contributed by atoms with Crippen molar-refractivity contribution in [1.82, 2.24) is 14.9 Å². The van der Waals surface area contributed by atoms with Crippen LogP contribution < -0.4 is 10.6 Å². The van der Waals surface area contributed by atoms with Crippen LogP contribution in [0.15, 0.2) is 60.7 Å². The Morgan fingerprint density at radius 2 is 1.58 bits per heavy atom. The molecule has 2 amide bonds. The van der Waals surface area contributed by atoms with E-state index in [2.05, 4.69) is 10.6 Å². The highest BCUT2D eigenvalue weighted by Crippen LogP contribution is 2.18. The average molecular weight is 444 g/mol. The van der Waals surface area contributed by atoms with E-state index >= 15 is 0 Å². The summed E-state index contributed by atoms with van der Waals surface area (Å²) in [6.07, 6.45) is 3.01. The molecule has 1 atom stereocenters. The van der Waals surface area contributed by atoms with Gasteiger partial charge in [-0.1, -0.05) is 48.5 Å². The molecule has 1 saturated heterocycles. The van der Waals surface area contributed by atoms with Crippen molar-refractivity contribution in [1.29, 1.82) is 0 Å². The van der Waals surface area contributed by atoms with E-state index in [9.17, 15) is 18.0 Å². The normalized spacial score (nSPS) is 16.4. The second-order valence-electron chi connectivity index (χ2n) is 7.93. The van der Waals surface area contributed by atoms with Crippen molar-refractivity contribution >= 4 is 21.8 Å². The molecular formula is C23H29N3O4S. The number of nitrogens with zero attached hydrogens (tertiary/aromatic N) is 1. The SMILES string of the molecule is CS(=O)(=O)N1CCC(CNC(=O)C(Cc2ccccc2)NC(=O)c2ccccc2)CC1. The molecule has 0 aromatic heterocycles. The van der Waals surface area contributed by atoms with Crippen molar-refractivity contribution in [3.8, 4) is 0 Å². The van der Waals surface area contributed by atoms with Gasteiger partial charge in [-0.05, 0) is 36.5 Å². The number of carbonyl (C=O) groups excluding carboxylic acids is 2. The van der Waals surface area contributed by atoms with E-state index in [1.165, 1.54) is 10.6 Å². The van der Waals surface area contributed by atoms with Gasteiger partial charge in [0.2, 0.25) is 15.9 Å². The lowest BCUT2D eigenvalue weighted by atomic mass is 9.97. The van der Waals surface area contributed by atoms with Crippen LogP contribution in [0, 0.1) is 5.92 Å². The van der Waals surface area contributed by atoms with Crippen LogP contribution in [0.25, 0.3) is 0 Å². The van der Waals surface area contributed by atoms with Crippen LogP contribution in [-0.2, 0) is 21.2 Å². The van der Waals surface area contributed by atoms with E-state index in [0.29, 0.717) is 44.5 Å². The summed E-state index contributed by atoms with van der Waals surface area (Å²) in [5, 5.41) is 5.82. The summed E-state index contributed by atoms with van der Waals surface area (Å²) in [6.45, 7) is 1.40. The lowest BCUT2D eigenvalue weighted by Gasteiger charge is -2.30. The van der Waals surface area contributed by atoms with Gasteiger partial charge in [-0.15, -0.1) is 0 Å². The minimum absolute atomic E-state index is 0.212. The second kappa shape index (κ2) is 10.5. The first kappa shape index (κ1) is 23.0. The van der Waals surface area contributed by atoms with Gasteiger partial charge in [0.15, 0.2) is 0 Å². The smallest absolute Gasteiger partial charge is 0.251 e. The number of nitrogens with one attached hydrogen (secondary N) is 2. The van der Waals surface area contributed by atoms with Gasteiger partial charge in [-0.3, -0.25) is 9.59 Å². The summed E-state index contributed by atoms with van der Waals surface area (Å²) in [7, 11) is -3.17. The van der Waals surface area contributed by atoms with Gasteiger partial charge < -0.3 is 10.6 Å². The maximum atomic E-state index is 12.9. The zero-order valence-corrected chi connectivity index (χ0v) is 18.5. The Balaban J connectivity index is 1.60. The Labute approximate surface area is 183 Å². The molecule has 0 aliphatic carbocycles. The van der Waals surface area contributed by atoms with Crippen LogP contribution in [0.5, 0.6) is 0 Å². The Kier molecular flexibility index (Phi) is 7.81. The van der Waals surface area contributed by atoms with Crippen molar-refractivity contribution in [2.45, 2.75) is 25.3 Å². The lowest BCUT2D eigenvalue weighted by molar-refractivity contribution is -0.123. The Morgan fingerprint density at radius 1 is 1.00 bits per heavy atom. The first-order valence-corrected chi connectivity index (χ1v) is 12.3. The fraction of sp³-hybridized carbons (Fsp3) is 0.391. The fourth-order valence-electron chi connectivity index (χ4n) is 3.70. The van der Waals surface area contributed by atoms with Gasteiger partial charge in [-0.25, -0.2) is 12.7 Å². The summed E-state index contributed by atoms with van der Waals surface area (Å²) >= 11 is 0. The number of rotatable bonds is 8. The maximum absolute atomic E-state index is 12.9. The van der Waals surface area contributed by atoms with Gasteiger partial charge in [0.1, 0.15) is 6.04 Å². The van der Waals surface area contributed by atoms with Gasteiger partial charge in [0, 0.05) is 31.6 Å². The molecule has 1 heterocycles. The Morgan fingerprint density at radius 3 is 2.16 bits per heavy atom. The summed E-state index contributed by atoms with van der Waals surface area (Å²) in [6, 6.07) is 17.7. The molecule has 2 aromatic rings. The quantitative estimate of drug-likeness (QED) is 0.651. The van der Waals surface area contributed by atoms with E-state index in [0.717, 1.165) is 5.56 Å². The predicted octanol–water partition coefficient (Wildman–Crippen LogP) is 1.82. The minimum atomic E-state index is -3.17. The number of piperidine rings is 1. The molecule has 2 aromatic carbocycles. The number of hydrogen-bond acceptors (Lipinski definition) is 4. The van der Waals surface area contributed by atoms with Crippen molar-refractivity contribution in [2.75, 3.05) is 25.9 Å². The lowest BCUT2D eigenvalue weighted by Crippen LogP contribution is -2.49. The highest BCUT2D eigenvalue weighted by Gasteiger charge is 2.27. The van der Waals surface area contributed by atoms with Crippen molar-refractivity contribution in [3.63, 3.8) is 0 Å². The van der Waals surface area contributed by atoms with Gasteiger partial charge in [0.25, 0.3) is 5.91 Å². The van der Waals surface area contributed by atoms with Gasteiger partial charge in [0.05, 0.1) is 6.26 Å². The van der Waals surface area contributed by atoms with Crippen LogP contribution in [0.2, 0.25) is 0 Å². The highest BCUT2D eigenvalue weighted by atomic mass is 32.2. The van der Waals surface area contributed by atoms with E-state index in [4.69, 9.17) is 0 Å². The maximum Gasteiger partial charge on any atom is 0.251 e. The van der Waals surface area contributed by atoms with Crippen LogP contribution in [-0.4, -0.2) is 56.5 Å². The molecule has 8 heteroatoms. The van der Waals surface area contributed by atoms with E-state index < -0.39 is 16.1 Å². The largest absolute Gasteiger partial charge is 0.354 e. The van der Waals surface area contributed by atoms with E-state index in [-0.39, 0.29) is 17.7 Å². The van der Waals surface area contributed by atoms with Gasteiger partial charge >= 0.3 is 0 Å².